The molecule has 214 valence electrons. The molecule has 3 aromatic heterocycles. The van der Waals surface area contributed by atoms with Gasteiger partial charge in [-0.2, -0.15) is 5.10 Å². The molecule has 3 amide bonds. The van der Waals surface area contributed by atoms with E-state index in [-0.39, 0.29) is 42.9 Å². The number of aromatic nitrogens is 5. The monoisotopic (exact) mass is 562 g/mol. The quantitative estimate of drug-likeness (QED) is 0.277. The predicted octanol–water partition coefficient (Wildman–Crippen LogP) is 1.86. The summed E-state index contributed by atoms with van der Waals surface area (Å²) in [5.74, 6) is -0.362. The highest BCUT2D eigenvalue weighted by atomic mass is 16.5. The highest BCUT2D eigenvalue weighted by Gasteiger charge is 2.29. The summed E-state index contributed by atoms with van der Waals surface area (Å²) in [4.78, 5) is 54.2. The van der Waals surface area contributed by atoms with Crippen LogP contribution in [0.25, 0.3) is 11.0 Å². The van der Waals surface area contributed by atoms with E-state index in [1.807, 2.05) is 11.5 Å². The minimum Gasteiger partial charge on any atom is -0.489 e. The lowest BCUT2D eigenvalue weighted by molar-refractivity contribution is 0.0995. The SMILES string of the molecule is CCn1nc(C)cc1C(=O)Nc1nc2cc(C(N)=O)cc3c2n1[C@@H](CCNC(=O)OCc1cccn(C)c1=O)CO3. The third-order valence-corrected chi connectivity index (χ3v) is 6.80. The fraction of sp³-hybridized carbons (Fsp3) is 0.333. The number of pyridine rings is 1. The number of nitrogens with zero attached hydrogens (tertiary/aromatic N) is 5. The van der Waals surface area contributed by atoms with Crippen LogP contribution in [0.4, 0.5) is 10.7 Å². The van der Waals surface area contributed by atoms with Crippen molar-refractivity contribution in [1.29, 1.82) is 0 Å². The molecular weight excluding hydrogens is 532 g/mol. The van der Waals surface area contributed by atoms with Gasteiger partial charge in [0.1, 0.15) is 30.2 Å². The number of alkyl carbamates (subject to hydrolysis) is 1. The van der Waals surface area contributed by atoms with Crippen LogP contribution < -0.4 is 26.7 Å². The summed E-state index contributed by atoms with van der Waals surface area (Å²) in [7, 11) is 1.62. The van der Waals surface area contributed by atoms with Gasteiger partial charge in [0.05, 0.1) is 22.8 Å². The number of carbonyl (C=O) groups is 3. The van der Waals surface area contributed by atoms with Crippen molar-refractivity contribution in [2.75, 3.05) is 18.5 Å². The molecule has 0 bridgehead atoms. The maximum Gasteiger partial charge on any atom is 0.407 e. The van der Waals surface area contributed by atoms with E-state index in [2.05, 4.69) is 20.7 Å². The largest absolute Gasteiger partial charge is 0.489 e. The number of hydrogen-bond acceptors (Lipinski definition) is 8. The molecule has 4 aromatic rings. The number of primary amides is 1. The van der Waals surface area contributed by atoms with Crippen LogP contribution in [-0.2, 0) is 24.9 Å². The van der Waals surface area contributed by atoms with Crippen LogP contribution in [0.2, 0.25) is 0 Å². The number of hydrogen-bond donors (Lipinski definition) is 3. The molecule has 1 aliphatic heterocycles. The maximum atomic E-state index is 13.2. The molecule has 4 heterocycles. The zero-order valence-corrected chi connectivity index (χ0v) is 22.8. The van der Waals surface area contributed by atoms with Gasteiger partial charge in [-0.15, -0.1) is 0 Å². The number of carbonyl (C=O) groups excluding carboxylic acids is 3. The van der Waals surface area contributed by atoms with E-state index in [0.29, 0.717) is 46.7 Å². The fourth-order valence-electron chi connectivity index (χ4n) is 4.80. The molecule has 1 atom stereocenters. The van der Waals surface area contributed by atoms with Gasteiger partial charge in [-0.05, 0) is 50.6 Å². The summed E-state index contributed by atoms with van der Waals surface area (Å²) in [6.07, 6.45) is 1.35. The third-order valence-electron chi connectivity index (χ3n) is 6.80. The van der Waals surface area contributed by atoms with Gasteiger partial charge >= 0.3 is 6.09 Å². The summed E-state index contributed by atoms with van der Waals surface area (Å²) in [6, 6.07) is 7.75. The average molecular weight is 563 g/mol. The Balaban J connectivity index is 1.35. The zero-order valence-electron chi connectivity index (χ0n) is 22.8. The third kappa shape index (κ3) is 5.48. The van der Waals surface area contributed by atoms with E-state index in [1.54, 1.807) is 55.2 Å². The Labute approximate surface area is 234 Å². The van der Waals surface area contributed by atoms with Gasteiger partial charge in [0.2, 0.25) is 11.9 Å². The number of amides is 3. The van der Waals surface area contributed by atoms with Crippen LogP contribution in [0.3, 0.4) is 0 Å². The normalized spacial score (nSPS) is 14.0. The van der Waals surface area contributed by atoms with Gasteiger partial charge in [-0.3, -0.25) is 24.4 Å². The molecule has 1 aliphatic rings. The molecule has 0 spiro atoms. The van der Waals surface area contributed by atoms with Crippen LogP contribution >= 0.6 is 0 Å². The molecule has 0 unspecified atom stereocenters. The number of aryl methyl sites for hydroxylation is 3. The van der Waals surface area contributed by atoms with Crippen LogP contribution in [0.5, 0.6) is 5.75 Å². The van der Waals surface area contributed by atoms with E-state index in [9.17, 15) is 19.2 Å². The van der Waals surface area contributed by atoms with Gasteiger partial charge < -0.3 is 29.7 Å². The summed E-state index contributed by atoms with van der Waals surface area (Å²) in [5.41, 5.74) is 7.94. The topological polar surface area (TPSA) is 177 Å². The predicted molar refractivity (Wildman–Crippen MR) is 148 cm³/mol. The van der Waals surface area contributed by atoms with Crippen molar-refractivity contribution in [3.63, 3.8) is 0 Å². The van der Waals surface area contributed by atoms with Crippen LogP contribution in [0.1, 0.15) is 51.5 Å². The second kappa shape index (κ2) is 11.2. The van der Waals surface area contributed by atoms with Crippen LogP contribution in [-0.4, -0.2) is 55.0 Å². The molecule has 0 saturated carbocycles. The number of anilines is 1. The molecule has 0 radical (unpaired) electrons. The smallest absolute Gasteiger partial charge is 0.407 e. The van der Waals surface area contributed by atoms with Gasteiger partial charge in [0.25, 0.3) is 11.5 Å². The molecule has 14 nitrogen and oxygen atoms in total. The molecule has 41 heavy (non-hydrogen) atoms. The first kappa shape index (κ1) is 27.4. The van der Waals surface area contributed by atoms with Crippen LogP contribution in [0.15, 0.2) is 41.3 Å². The van der Waals surface area contributed by atoms with E-state index < -0.39 is 17.9 Å². The number of nitrogens with one attached hydrogen (secondary N) is 2. The first-order valence-electron chi connectivity index (χ1n) is 13.1. The summed E-state index contributed by atoms with van der Waals surface area (Å²) >= 11 is 0. The van der Waals surface area contributed by atoms with Gasteiger partial charge in [-0.25, -0.2) is 9.78 Å². The van der Waals surface area contributed by atoms with Crippen molar-refractivity contribution in [2.24, 2.45) is 12.8 Å². The molecule has 0 fully saturated rings. The number of rotatable bonds is 9. The second-order valence-electron chi connectivity index (χ2n) is 9.66. The summed E-state index contributed by atoms with van der Waals surface area (Å²) in [5, 5.41) is 9.91. The zero-order chi connectivity index (χ0) is 29.3. The number of benzene rings is 1. The number of nitrogens with two attached hydrogens (primary N) is 1. The Morgan fingerprint density at radius 1 is 1.24 bits per heavy atom. The van der Waals surface area contributed by atoms with Crippen molar-refractivity contribution < 1.29 is 23.9 Å². The van der Waals surface area contributed by atoms with Crippen molar-refractivity contribution in [3.8, 4) is 5.75 Å². The number of imidazole rings is 1. The lowest BCUT2D eigenvalue weighted by Crippen LogP contribution is -2.31. The minimum atomic E-state index is -0.674. The number of ether oxygens (including phenoxy) is 2. The van der Waals surface area contributed by atoms with Crippen molar-refractivity contribution in [1.82, 2.24) is 29.2 Å². The van der Waals surface area contributed by atoms with Gasteiger partial charge in [0.15, 0.2) is 0 Å². The average Bonchev–Trinajstić information content (AvgIpc) is 3.51. The summed E-state index contributed by atoms with van der Waals surface area (Å²) in [6.45, 7) is 4.44. The summed E-state index contributed by atoms with van der Waals surface area (Å²) < 4.78 is 16.0. The highest BCUT2D eigenvalue weighted by molar-refractivity contribution is 6.04. The molecular formula is C27H30N8O6. The first-order chi connectivity index (χ1) is 19.7. The maximum absolute atomic E-state index is 13.2. The van der Waals surface area contributed by atoms with Gasteiger partial charge in [0, 0.05) is 31.9 Å². The molecule has 14 heteroatoms. The molecule has 0 aliphatic carbocycles. The van der Waals surface area contributed by atoms with Crippen molar-refractivity contribution in [3.05, 3.63) is 69.4 Å². The second-order valence-corrected chi connectivity index (χ2v) is 9.66. The Bertz CT molecular complexity index is 1720. The lowest BCUT2D eigenvalue weighted by atomic mass is 10.1. The van der Waals surface area contributed by atoms with E-state index in [0.717, 1.165) is 0 Å². The Morgan fingerprint density at radius 3 is 2.80 bits per heavy atom. The molecule has 5 rings (SSSR count). The molecule has 0 saturated heterocycles. The van der Waals surface area contributed by atoms with Crippen LogP contribution in [0, 0.1) is 6.92 Å². The van der Waals surface area contributed by atoms with Crippen molar-refractivity contribution >= 4 is 34.9 Å². The minimum absolute atomic E-state index is 0.159. The van der Waals surface area contributed by atoms with E-state index >= 15 is 0 Å². The fourth-order valence-corrected chi connectivity index (χ4v) is 4.80. The van der Waals surface area contributed by atoms with E-state index in [4.69, 9.17) is 15.2 Å². The molecule has 1 aromatic carbocycles. The highest BCUT2D eigenvalue weighted by Crippen LogP contribution is 2.38. The first-order valence-corrected chi connectivity index (χ1v) is 13.1. The van der Waals surface area contributed by atoms with E-state index in [1.165, 1.54) is 4.57 Å². The Morgan fingerprint density at radius 2 is 2.05 bits per heavy atom. The standard InChI is InChI=1S/C27H30N8O6/c1-4-34-20(10-15(2)32-34)24(37)31-26-30-19-11-17(23(28)36)12-21-22(19)35(26)18(14-40-21)7-8-29-27(39)41-13-16-6-5-9-33(3)25(16)38/h5-6,9-12,18H,4,7-8,13-14H2,1-3H3,(H2,28,36)(H,29,39)(H,30,31,37)/t18-/m0/s1. The molecule has 4 N–H and O–H groups in total. The van der Waals surface area contributed by atoms with Crippen molar-refractivity contribution in [2.45, 2.75) is 39.5 Å². The Hall–Kier alpha value is -5.14. The Kier molecular flexibility index (Phi) is 7.46. The van der Waals surface area contributed by atoms with Gasteiger partial charge in [-0.1, -0.05) is 0 Å². The lowest BCUT2D eigenvalue weighted by Gasteiger charge is -2.27.